The number of benzene rings is 2. The molecular formula is C20H22O2. The third kappa shape index (κ3) is 4.88. The van der Waals surface area contributed by atoms with Crippen LogP contribution in [0.5, 0.6) is 0 Å². The maximum Gasteiger partial charge on any atom is 0.302 e. The Morgan fingerprint density at radius 2 is 1.73 bits per heavy atom. The van der Waals surface area contributed by atoms with Crippen LogP contribution in [0.15, 0.2) is 60.2 Å². The highest BCUT2D eigenvalue weighted by Gasteiger charge is 2.05. The topological polar surface area (TPSA) is 26.3 Å². The molecule has 2 nitrogen and oxygen atoms in total. The molecule has 2 aromatic carbocycles. The predicted molar refractivity (Wildman–Crippen MR) is 90.6 cm³/mol. The van der Waals surface area contributed by atoms with Gasteiger partial charge in [0, 0.05) is 6.92 Å². The summed E-state index contributed by atoms with van der Waals surface area (Å²) in [5.41, 5.74) is 4.82. The third-order valence-electron chi connectivity index (χ3n) is 3.53. The average Bonchev–Trinajstić information content (AvgIpc) is 2.54. The Morgan fingerprint density at radius 3 is 2.41 bits per heavy atom. The van der Waals surface area contributed by atoms with E-state index in [2.05, 4.69) is 43.3 Å². The van der Waals surface area contributed by atoms with Crippen LogP contribution < -0.4 is 0 Å². The minimum absolute atomic E-state index is 0.247. The van der Waals surface area contributed by atoms with E-state index in [4.69, 9.17) is 4.74 Å². The van der Waals surface area contributed by atoms with Crippen LogP contribution in [0.25, 0.3) is 6.08 Å². The summed E-state index contributed by atoms with van der Waals surface area (Å²) >= 11 is 0. The standard InChI is InChI=1S/C20H22O2/c1-3-19-11-7-8-12-20(19)14-18(15-22-16(2)21)13-17-9-5-4-6-10-17/h4-12,14H,3,13,15H2,1-2H3. The Morgan fingerprint density at radius 1 is 1.05 bits per heavy atom. The smallest absolute Gasteiger partial charge is 0.302 e. The van der Waals surface area contributed by atoms with Crippen LogP contribution in [0.1, 0.15) is 30.5 Å². The van der Waals surface area contributed by atoms with Gasteiger partial charge in [-0.1, -0.05) is 67.6 Å². The Kier molecular flexibility index (Phi) is 5.96. The summed E-state index contributed by atoms with van der Waals surface area (Å²) in [6, 6.07) is 18.6. The van der Waals surface area contributed by atoms with Crippen molar-refractivity contribution in [2.24, 2.45) is 0 Å². The van der Waals surface area contributed by atoms with Gasteiger partial charge in [0.05, 0.1) is 0 Å². The molecule has 2 rings (SSSR count). The van der Waals surface area contributed by atoms with Gasteiger partial charge in [-0.15, -0.1) is 0 Å². The maximum absolute atomic E-state index is 11.1. The predicted octanol–water partition coefficient (Wildman–Crippen LogP) is 4.44. The molecule has 0 spiro atoms. The lowest BCUT2D eigenvalue weighted by atomic mass is 9.99. The van der Waals surface area contributed by atoms with Crippen molar-refractivity contribution in [2.45, 2.75) is 26.7 Å². The van der Waals surface area contributed by atoms with Crippen molar-refractivity contribution < 1.29 is 9.53 Å². The summed E-state index contributed by atoms with van der Waals surface area (Å²) in [5.74, 6) is -0.247. The molecule has 0 saturated heterocycles. The van der Waals surface area contributed by atoms with Crippen molar-refractivity contribution in [3.8, 4) is 0 Å². The van der Waals surface area contributed by atoms with Crippen LogP contribution in [0.4, 0.5) is 0 Å². The molecule has 22 heavy (non-hydrogen) atoms. The number of carbonyl (C=O) groups excluding carboxylic acids is 1. The van der Waals surface area contributed by atoms with Gasteiger partial charge in [-0.05, 0) is 35.1 Å². The molecule has 0 N–H and O–H groups in total. The van der Waals surface area contributed by atoms with Gasteiger partial charge in [-0.25, -0.2) is 0 Å². The van der Waals surface area contributed by atoms with Gasteiger partial charge in [-0.2, -0.15) is 0 Å². The van der Waals surface area contributed by atoms with Crippen molar-refractivity contribution in [3.63, 3.8) is 0 Å². The highest BCUT2D eigenvalue weighted by molar-refractivity contribution is 5.66. The van der Waals surface area contributed by atoms with Crippen molar-refractivity contribution in [2.75, 3.05) is 6.61 Å². The van der Waals surface area contributed by atoms with Crippen molar-refractivity contribution >= 4 is 12.0 Å². The van der Waals surface area contributed by atoms with Crippen molar-refractivity contribution in [1.29, 1.82) is 0 Å². The second-order valence-corrected chi connectivity index (χ2v) is 5.30. The van der Waals surface area contributed by atoms with E-state index in [1.54, 1.807) is 0 Å². The van der Waals surface area contributed by atoms with E-state index < -0.39 is 0 Å². The van der Waals surface area contributed by atoms with Gasteiger partial charge >= 0.3 is 5.97 Å². The van der Waals surface area contributed by atoms with Gasteiger partial charge in [0.15, 0.2) is 0 Å². The van der Waals surface area contributed by atoms with Gasteiger partial charge in [0.25, 0.3) is 0 Å². The lowest BCUT2D eigenvalue weighted by Gasteiger charge is -2.10. The normalized spacial score (nSPS) is 11.3. The van der Waals surface area contributed by atoms with Crippen molar-refractivity contribution in [1.82, 2.24) is 0 Å². The van der Waals surface area contributed by atoms with Gasteiger partial charge in [0.2, 0.25) is 0 Å². The number of rotatable bonds is 6. The van der Waals surface area contributed by atoms with E-state index >= 15 is 0 Å². The van der Waals surface area contributed by atoms with E-state index in [9.17, 15) is 4.79 Å². The first kappa shape index (κ1) is 16.0. The molecule has 2 aromatic rings. The molecule has 0 amide bonds. The summed E-state index contributed by atoms with van der Waals surface area (Å²) in [6.07, 6.45) is 3.92. The third-order valence-corrected chi connectivity index (χ3v) is 3.53. The molecule has 0 aromatic heterocycles. The minimum atomic E-state index is -0.247. The van der Waals surface area contributed by atoms with E-state index in [1.165, 1.54) is 23.6 Å². The maximum atomic E-state index is 11.1. The molecule has 0 bridgehead atoms. The molecule has 0 saturated carbocycles. The van der Waals surface area contributed by atoms with Crippen LogP contribution in [-0.2, 0) is 22.4 Å². The molecule has 0 aliphatic heterocycles. The quantitative estimate of drug-likeness (QED) is 0.736. The lowest BCUT2D eigenvalue weighted by Crippen LogP contribution is -2.05. The van der Waals surface area contributed by atoms with Crippen LogP contribution in [0.3, 0.4) is 0 Å². The number of esters is 1. The first-order chi connectivity index (χ1) is 10.7. The highest BCUT2D eigenvalue weighted by atomic mass is 16.5. The molecule has 2 heteroatoms. The molecule has 0 aliphatic carbocycles. The summed E-state index contributed by atoms with van der Waals surface area (Å²) in [7, 11) is 0. The number of carbonyl (C=O) groups is 1. The molecule has 114 valence electrons. The summed E-state index contributed by atoms with van der Waals surface area (Å²) in [4.78, 5) is 11.1. The first-order valence-electron chi connectivity index (χ1n) is 7.63. The zero-order valence-electron chi connectivity index (χ0n) is 13.2. The summed E-state index contributed by atoms with van der Waals surface area (Å²) < 4.78 is 5.21. The Bertz CT molecular complexity index is 642. The largest absolute Gasteiger partial charge is 0.461 e. The van der Waals surface area contributed by atoms with E-state index in [-0.39, 0.29) is 5.97 Å². The van der Waals surface area contributed by atoms with E-state index in [1.807, 2.05) is 24.3 Å². The fraction of sp³-hybridized carbons (Fsp3) is 0.250. The zero-order chi connectivity index (χ0) is 15.8. The molecule has 0 radical (unpaired) electrons. The van der Waals surface area contributed by atoms with Gasteiger partial charge in [0.1, 0.15) is 6.61 Å². The van der Waals surface area contributed by atoms with E-state index in [0.29, 0.717) is 6.61 Å². The number of hydrogen-bond donors (Lipinski definition) is 0. The Hall–Kier alpha value is -2.35. The van der Waals surface area contributed by atoms with Gasteiger partial charge < -0.3 is 4.74 Å². The fourth-order valence-corrected chi connectivity index (χ4v) is 2.41. The second-order valence-electron chi connectivity index (χ2n) is 5.30. The van der Waals surface area contributed by atoms with Crippen LogP contribution in [-0.4, -0.2) is 12.6 Å². The van der Waals surface area contributed by atoms with Crippen LogP contribution in [0, 0.1) is 0 Å². The fourth-order valence-electron chi connectivity index (χ4n) is 2.41. The summed E-state index contributed by atoms with van der Waals surface area (Å²) in [5, 5.41) is 0. The minimum Gasteiger partial charge on any atom is -0.461 e. The van der Waals surface area contributed by atoms with Crippen LogP contribution >= 0.6 is 0 Å². The molecule has 0 unspecified atom stereocenters. The zero-order valence-corrected chi connectivity index (χ0v) is 13.2. The number of aryl methyl sites for hydroxylation is 1. The number of ether oxygens (including phenoxy) is 1. The Balaban J connectivity index is 2.26. The van der Waals surface area contributed by atoms with Crippen molar-refractivity contribution in [3.05, 3.63) is 76.9 Å². The molecule has 0 aliphatic rings. The Labute approximate surface area is 132 Å². The summed E-state index contributed by atoms with van der Waals surface area (Å²) in [6.45, 7) is 3.93. The second kappa shape index (κ2) is 8.18. The molecular weight excluding hydrogens is 272 g/mol. The molecule has 0 fully saturated rings. The lowest BCUT2D eigenvalue weighted by molar-refractivity contribution is -0.139. The monoisotopic (exact) mass is 294 g/mol. The first-order valence-corrected chi connectivity index (χ1v) is 7.63. The van der Waals surface area contributed by atoms with Gasteiger partial charge in [-0.3, -0.25) is 4.79 Å². The SMILES string of the molecule is CCc1ccccc1C=C(COC(C)=O)Cc1ccccc1. The molecule has 0 heterocycles. The highest BCUT2D eigenvalue weighted by Crippen LogP contribution is 2.17. The number of hydrogen-bond acceptors (Lipinski definition) is 2. The average molecular weight is 294 g/mol. The van der Waals surface area contributed by atoms with E-state index in [0.717, 1.165) is 18.4 Å². The van der Waals surface area contributed by atoms with Crippen LogP contribution in [0.2, 0.25) is 0 Å². The molecule has 0 atom stereocenters.